The van der Waals surface area contributed by atoms with E-state index in [1.54, 1.807) is 11.3 Å². The van der Waals surface area contributed by atoms with Crippen molar-refractivity contribution in [2.75, 3.05) is 6.54 Å². The van der Waals surface area contributed by atoms with E-state index in [2.05, 4.69) is 33.0 Å². The number of thiophene rings is 1. The van der Waals surface area contributed by atoms with Crippen LogP contribution in [-0.2, 0) is 13.0 Å². The van der Waals surface area contributed by atoms with E-state index in [0.717, 1.165) is 13.0 Å². The van der Waals surface area contributed by atoms with Crippen molar-refractivity contribution in [1.82, 2.24) is 15.5 Å². The van der Waals surface area contributed by atoms with Crippen LogP contribution in [0.25, 0.3) is 0 Å². The first-order valence-electron chi connectivity index (χ1n) is 4.87. The zero-order valence-corrected chi connectivity index (χ0v) is 9.38. The average Bonchev–Trinajstić information content (AvgIpc) is 2.84. The minimum atomic E-state index is 0.645. The fraction of sp³-hybridized carbons (Fsp3) is 0.400. The first-order valence-corrected chi connectivity index (χ1v) is 5.75. The standard InChI is InChI=1S/C10H13N3OS/c1-8-12-10(14-13-8)7-11-5-4-9-3-2-6-15-9/h2-3,6,11H,4-5,7H2,1H3. The largest absolute Gasteiger partial charge is 0.338 e. The molecule has 0 unspecified atom stereocenters. The molecule has 0 aliphatic heterocycles. The molecule has 15 heavy (non-hydrogen) atoms. The van der Waals surface area contributed by atoms with Gasteiger partial charge in [-0.1, -0.05) is 11.2 Å². The normalized spacial score (nSPS) is 10.7. The topological polar surface area (TPSA) is 51.0 Å². The summed E-state index contributed by atoms with van der Waals surface area (Å²) in [5.41, 5.74) is 0. The SMILES string of the molecule is Cc1noc(CNCCc2cccs2)n1. The third-order valence-corrected chi connectivity index (χ3v) is 2.91. The minimum Gasteiger partial charge on any atom is -0.338 e. The van der Waals surface area contributed by atoms with E-state index in [0.29, 0.717) is 18.3 Å². The zero-order valence-electron chi connectivity index (χ0n) is 8.56. The smallest absolute Gasteiger partial charge is 0.240 e. The molecule has 0 fully saturated rings. The van der Waals surface area contributed by atoms with Gasteiger partial charge in [-0.25, -0.2) is 0 Å². The van der Waals surface area contributed by atoms with Gasteiger partial charge in [-0.05, 0) is 24.8 Å². The van der Waals surface area contributed by atoms with Crippen LogP contribution >= 0.6 is 11.3 Å². The lowest BCUT2D eigenvalue weighted by Gasteiger charge is -1.98. The van der Waals surface area contributed by atoms with Gasteiger partial charge in [-0.2, -0.15) is 4.98 Å². The Morgan fingerprint density at radius 2 is 2.47 bits per heavy atom. The van der Waals surface area contributed by atoms with E-state index in [9.17, 15) is 0 Å². The van der Waals surface area contributed by atoms with E-state index in [-0.39, 0.29) is 0 Å². The molecule has 0 saturated carbocycles. The Labute approximate surface area is 92.3 Å². The molecule has 0 amide bonds. The third-order valence-electron chi connectivity index (χ3n) is 1.97. The van der Waals surface area contributed by atoms with E-state index in [1.165, 1.54) is 4.88 Å². The zero-order chi connectivity index (χ0) is 10.5. The average molecular weight is 223 g/mol. The molecule has 0 spiro atoms. The van der Waals surface area contributed by atoms with Crippen molar-refractivity contribution in [2.45, 2.75) is 19.9 Å². The van der Waals surface area contributed by atoms with Crippen LogP contribution in [-0.4, -0.2) is 16.7 Å². The Bertz CT molecular complexity index is 396. The molecule has 1 N–H and O–H groups in total. The van der Waals surface area contributed by atoms with Crippen molar-refractivity contribution in [2.24, 2.45) is 0 Å². The van der Waals surface area contributed by atoms with Crippen molar-refractivity contribution in [3.05, 3.63) is 34.1 Å². The number of aryl methyl sites for hydroxylation is 1. The summed E-state index contributed by atoms with van der Waals surface area (Å²) >= 11 is 1.78. The molecule has 0 aliphatic rings. The van der Waals surface area contributed by atoms with Gasteiger partial charge in [0.2, 0.25) is 5.89 Å². The molecule has 80 valence electrons. The van der Waals surface area contributed by atoms with Crippen LogP contribution in [0.5, 0.6) is 0 Å². The van der Waals surface area contributed by atoms with Crippen molar-refractivity contribution < 1.29 is 4.52 Å². The summed E-state index contributed by atoms with van der Waals surface area (Å²) in [6.45, 7) is 3.40. The second kappa shape index (κ2) is 5.04. The van der Waals surface area contributed by atoms with E-state index >= 15 is 0 Å². The number of rotatable bonds is 5. The number of aromatic nitrogens is 2. The summed E-state index contributed by atoms with van der Waals surface area (Å²) < 4.78 is 4.98. The Morgan fingerprint density at radius 1 is 1.53 bits per heavy atom. The van der Waals surface area contributed by atoms with E-state index in [4.69, 9.17) is 4.52 Å². The molecule has 0 aromatic carbocycles. The summed E-state index contributed by atoms with van der Waals surface area (Å²) in [4.78, 5) is 5.50. The molecule has 2 aromatic heterocycles. The first-order chi connectivity index (χ1) is 7.34. The predicted octanol–water partition coefficient (Wildman–Crippen LogP) is 1.77. The van der Waals surface area contributed by atoms with Gasteiger partial charge >= 0.3 is 0 Å². The van der Waals surface area contributed by atoms with Crippen LogP contribution in [0.1, 0.15) is 16.6 Å². The fourth-order valence-electron chi connectivity index (χ4n) is 1.27. The van der Waals surface area contributed by atoms with E-state index in [1.807, 2.05) is 6.92 Å². The molecule has 4 nitrogen and oxygen atoms in total. The second-order valence-electron chi connectivity index (χ2n) is 3.24. The molecule has 0 aliphatic carbocycles. The quantitative estimate of drug-likeness (QED) is 0.785. The number of hydrogen-bond acceptors (Lipinski definition) is 5. The summed E-state index contributed by atoms with van der Waals surface area (Å²) in [7, 11) is 0. The highest BCUT2D eigenvalue weighted by atomic mass is 32.1. The van der Waals surface area contributed by atoms with Gasteiger partial charge in [0.15, 0.2) is 5.82 Å². The lowest BCUT2D eigenvalue weighted by Crippen LogP contribution is -2.16. The molecule has 0 bridgehead atoms. The van der Waals surface area contributed by atoms with Gasteiger partial charge in [0.05, 0.1) is 6.54 Å². The van der Waals surface area contributed by atoms with Crippen LogP contribution in [0.3, 0.4) is 0 Å². The maximum atomic E-state index is 4.98. The second-order valence-corrected chi connectivity index (χ2v) is 4.27. The van der Waals surface area contributed by atoms with Crippen LogP contribution < -0.4 is 5.32 Å². The van der Waals surface area contributed by atoms with Crippen LogP contribution in [0.15, 0.2) is 22.0 Å². The fourth-order valence-corrected chi connectivity index (χ4v) is 1.98. The van der Waals surface area contributed by atoms with Crippen LogP contribution in [0.2, 0.25) is 0 Å². The van der Waals surface area contributed by atoms with Gasteiger partial charge < -0.3 is 9.84 Å². The monoisotopic (exact) mass is 223 g/mol. The van der Waals surface area contributed by atoms with Crippen LogP contribution in [0.4, 0.5) is 0 Å². The van der Waals surface area contributed by atoms with Gasteiger partial charge in [-0.3, -0.25) is 0 Å². The predicted molar refractivity (Wildman–Crippen MR) is 58.8 cm³/mol. The van der Waals surface area contributed by atoms with Gasteiger partial charge in [-0.15, -0.1) is 11.3 Å². The molecule has 0 saturated heterocycles. The lowest BCUT2D eigenvalue weighted by atomic mass is 10.3. The van der Waals surface area contributed by atoms with Crippen molar-refractivity contribution in [3.8, 4) is 0 Å². The summed E-state index contributed by atoms with van der Waals surface area (Å²) in [6.07, 6.45) is 1.05. The highest BCUT2D eigenvalue weighted by Gasteiger charge is 2.01. The number of nitrogens with one attached hydrogen (secondary N) is 1. The summed E-state index contributed by atoms with van der Waals surface area (Å²) in [6, 6.07) is 4.21. The van der Waals surface area contributed by atoms with Crippen molar-refractivity contribution >= 4 is 11.3 Å². The molecule has 2 heterocycles. The highest BCUT2D eigenvalue weighted by molar-refractivity contribution is 7.09. The summed E-state index contributed by atoms with van der Waals surface area (Å²) in [5.74, 6) is 1.34. The Morgan fingerprint density at radius 3 is 3.13 bits per heavy atom. The molecule has 2 rings (SSSR count). The van der Waals surface area contributed by atoms with Gasteiger partial charge in [0.1, 0.15) is 0 Å². The van der Waals surface area contributed by atoms with Gasteiger partial charge in [0.25, 0.3) is 0 Å². The van der Waals surface area contributed by atoms with E-state index < -0.39 is 0 Å². The third kappa shape index (κ3) is 3.14. The lowest BCUT2D eigenvalue weighted by molar-refractivity contribution is 0.365. The minimum absolute atomic E-state index is 0.645. The van der Waals surface area contributed by atoms with Crippen molar-refractivity contribution in [3.63, 3.8) is 0 Å². The Kier molecular flexibility index (Phi) is 3.47. The molecule has 2 aromatic rings. The summed E-state index contributed by atoms with van der Waals surface area (Å²) in [5, 5.41) is 9.08. The Hall–Kier alpha value is -1.20. The molecular formula is C10H13N3OS. The number of hydrogen-bond donors (Lipinski definition) is 1. The molecular weight excluding hydrogens is 210 g/mol. The molecule has 0 radical (unpaired) electrons. The highest BCUT2D eigenvalue weighted by Crippen LogP contribution is 2.08. The Balaban J connectivity index is 1.67. The first kappa shape index (κ1) is 10.3. The van der Waals surface area contributed by atoms with Crippen molar-refractivity contribution in [1.29, 1.82) is 0 Å². The van der Waals surface area contributed by atoms with Crippen LogP contribution in [0, 0.1) is 6.92 Å². The number of nitrogens with zero attached hydrogens (tertiary/aromatic N) is 2. The maximum absolute atomic E-state index is 4.98. The molecule has 0 atom stereocenters. The van der Waals surface area contributed by atoms with Gasteiger partial charge in [0, 0.05) is 11.4 Å². The molecule has 5 heteroatoms. The maximum Gasteiger partial charge on any atom is 0.240 e.